The number of primary amides is 1. The molecule has 0 saturated carbocycles. The molecule has 3 aromatic carbocycles. The first-order valence-corrected chi connectivity index (χ1v) is 16.9. The zero-order chi connectivity index (χ0) is 33.6. The summed E-state index contributed by atoms with van der Waals surface area (Å²) in [6.07, 6.45) is 5.35. The Kier molecular flexibility index (Phi) is 11.4. The topological polar surface area (TPSA) is 120 Å². The predicted octanol–water partition coefficient (Wildman–Crippen LogP) is 5.61. The number of esters is 1. The SMILES string of the molecule is COC(=O)CN(CC(CCN1CCC(C(N)=O)(N2CCCCC2)CC1)c1ccc(Cl)c(Cl)c1)C(=O)c1cc(C#N)cc2ccccc12. The summed E-state index contributed by atoms with van der Waals surface area (Å²) in [5.74, 6) is -1.38. The van der Waals surface area contributed by atoms with Gasteiger partial charge in [-0.05, 0) is 92.3 Å². The van der Waals surface area contributed by atoms with E-state index in [9.17, 15) is 19.6 Å². The third-order valence-corrected chi connectivity index (χ3v) is 10.5. The Morgan fingerprint density at radius 1 is 1.00 bits per heavy atom. The van der Waals surface area contributed by atoms with Crippen molar-refractivity contribution in [1.82, 2.24) is 14.7 Å². The lowest BCUT2D eigenvalue weighted by Crippen LogP contribution is -2.63. The maximum atomic E-state index is 14.3. The molecule has 0 bridgehead atoms. The average Bonchev–Trinajstić information content (AvgIpc) is 3.10. The number of amides is 2. The van der Waals surface area contributed by atoms with Crippen LogP contribution in [0, 0.1) is 11.3 Å². The van der Waals surface area contributed by atoms with Crippen molar-refractivity contribution < 1.29 is 19.1 Å². The number of nitriles is 1. The number of hydrogen-bond acceptors (Lipinski definition) is 7. The highest BCUT2D eigenvalue weighted by Gasteiger charge is 2.45. The molecule has 47 heavy (non-hydrogen) atoms. The summed E-state index contributed by atoms with van der Waals surface area (Å²) in [6.45, 7) is 3.89. The third-order valence-electron chi connectivity index (χ3n) is 9.81. The number of benzene rings is 3. The van der Waals surface area contributed by atoms with Gasteiger partial charge in [0, 0.05) is 31.1 Å². The zero-order valence-electron chi connectivity index (χ0n) is 26.7. The van der Waals surface area contributed by atoms with Gasteiger partial charge in [0.05, 0.1) is 28.8 Å². The zero-order valence-corrected chi connectivity index (χ0v) is 28.2. The van der Waals surface area contributed by atoms with Crippen LogP contribution in [0.5, 0.6) is 0 Å². The van der Waals surface area contributed by atoms with Crippen molar-refractivity contribution in [2.45, 2.75) is 50.0 Å². The molecule has 2 saturated heterocycles. The molecule has 2 N–H and O–H groups in total. The number of ether oxygens (including phenoxy) is 1. The van der Waals surface area contributed by atoms with E-state index in [2.05, 4.69) is 15.9 Å². The van der Waals surface area contributed by atoms with Crippen LogP contribution in [0.3, 0.4) is 0 Å². The van der Waals surface area contributed by atoms with E-state index in [-0.39, 0.29) is 30.8 Å². The van der Waals surface area contributed by atoms with E-state index in [1.165, 1.54) is 18.4 Å². The molecule has 5 rings (SSSR count). The quantitative estimate of drug-likeness (QED) is 0.262. The lowest BCUT2D eigenvalue weighted by atomic mass is 9.83. The van der Waals surface area contributed by atoms with Crippen molar-refractivity contribution in [3.8, 4) is 6.07 Å². The Hall–Kier alpha value is -3.68. The van der Waals surface area contributed by atoms with Gasteiger partial charge >= 0.3 is 5.97 Å². The number of carbonyl (C=O) groups excluding carboxylic acids is 3. The number of halogens is 2. The minimum atomic E-state index is -0.607. The molecular formula is C36H41Cl2N5O4. The van der Waals surface area contributed by atoms with Crippen molar-refractivity contribution in [3.63, 3.8) is 0 Å². The monoisotopic (exact) mass is 677 g/mol. The highest BCUT2D eigenvalue weighted by Crippen LogP contribution is 2.34. The molecule has 2 fully saturated rings. The summed E-state index contributed by atoms with van der Waals surface area (Å²) >= 11 is 12.7. The number of rotatable bonds is 11. The maximum absolute atomic E-state index is 14.3. The molecule has 2 aliphatic heterocycles. The van der Waals surface area contributed by atoms with Gasteiger partial charge in [-0.1, -0.05) is 60.0 Å². The molecule has 248 valence electrons. The predicted molar refractivity (Wildman–Crippen MR) is 183 cm³/mol. The second-order valence-corrected chi connectivity index (χ2v) is 13.4. The fourth-order valence-electron chi connectivity index (χ4n) is 7.08. The maximum Gasteiger partial charge on any atom is 0.325 e. The van der Waals surface area contributed by atoms with Gasteiger partial charge in [-0.15, -0.1) is 0 Å². The minimum Gasteiger partial charge on any atom is -0.468 e. The fraction of sp³-hybridized carbons (Fsp3) is 0.444. The van der Waals surface area contributed by atoms with Crippen molar-refractivity contribution in [1.29, 1.82) is 5.26 Å². The van der Waals surface area contributed by atoms with Gasteiger partial charge in [-0.25, -0.2) is 0 Å². The summed E-state index contributed by atoms with van der Waals surface area (Å²) in [6, 6.07) is 18.3. The Morgan fingerprint density at radius 3 is 2.38 bits per heavy atom. The van der Waals surface area contributed by atoms with Crippen LogP contribution in [0.2, 0.25) is 10.0 Å². The first kappa shape index (κ1) is 34.6. The largest absolute Gasteiger partial charge is 0.468 e. The molecule has 3 aromatic rings. The standard InChI is InChI=1S/C36H41Cl2N5O4/c1-47-33(44)24-42(34(45)30-20-25(22-39)19-27-7-3-4-8-29(27)30)23-28(26-9-10-31(37)32(38)21-26)11-16-41-17-12-36(13-18-41,35(40)46)43-14-5-2-6-15-43/h3-4,7-10,19-21,28H,2,5-6,11-18,23-24H2,1H3,(H2,40,46). The molecule has 2 aliphatic rings. The molecular weight excluding hydrogens is 637 g/mol. The van der Waals surface area contributed by atoms with Crippen molar-refractivity contribution in [2.75, 3.05) is 52.9 Å². The van der Waals surface area contributed by atoms with Crippen LogP contribution in [0.15, 0.2) is 54.6 Å². The first-order chi connectivity index (χ1) is 22.6. The molecule has 2 amide bonds. The summed E-state index contributed by atoms with van der Waals surface area (Å²) in [7, 11) is 1.29. The molecule has 0 radical (unpaired) electrons. The van der Waals surface area contributed by atoms with Crippen molar-refractivity contribution >= 4 is 51.8 Å². The number of carbonyl (C=O) groups is 3. The molecule has 2 heterocycles. The van der Waals surface area contributed by atoms with Gasteiger partial charge in [0.25, 0.3) is 5.91 Å². The van der Waals surface area contributed by atoms with Crippen molar-refractivity contribution in [3.05, 3.63) is 81.3 Å². The normalized spacial score (nSPS) is 17.5. The lowest BCUT2D eigenvalue weighted by Gasteiger charge is -2.48. The number of likely N-dealkylation sites (tertiary alicyclic amines) is 2. The molecule has 9 nitrogen and oxygen atoms in total. The fourth-order valence-corrected chi connectivity index (χ4v) is 7.39. The number of fused-ring (bicyclic) bond motifs is 1. The van der Waals surface area contributed by atoms with E-state index in [0.29, 0.717) is 52.4 Å². The summed E-state index contributed by atoms with van der Waals surface area (Å²) in [5.41, 5.74) is 7.00. The number of nitrogens with zero attached hydrogens (tertiary/aromatic N) is 4. The molecule has 1 atom stereocenters. The summed E-state index contributed by atoms with van der Waals surface area (Å²) < 4.78 is 4.99. The number of hydrogen-bond donors (Lipinski definition) is 1. The van der Waals surface area contributed by atoms with Gasteiger partial charge < -0.3 is 20.3 Å². The van der Waals surface area contributed by atoms with E-state index in [1.807, 2.05) is 36.4 Å². The van der Waals surface area contributed by atoms with Crippen LogP contribution in [0.1, 0.15) is 65.9 Å². The molecule has 0 aliphatic carbocycles. The van der Waals surface area contributed by atoms with Gasteiger partial charge in [0.2, 0.25) is 5.91 Å². The van der Waals surface area contributed by atoms with Crippen molar-refractivity contribution in [2.24, 2.45) is 5.73 Å². The van der Waals surface area contributed by atoms with Gasteiger partial charge in [-0.3, -0.25) is 19.3 Å². The molecule has 0 aromatic heterocycles. The second kappa shape index (κ2) is 15.5. The second-order valence-electron chi connectivity index (χ2n) is 12.6. The van der Waals surface area contributed by atoms with Crippen LogP contribution >= 0.6 is 23.2 Å². The van der Waals surface area contributed by atoms with E-state index in [4.69, 9.17) is 33.7 Å². The first-order valence-electron chi connectivity index (χ1n) is 16.2. The smallest absolute Gasteiger partial charge is 0.325 e. The average molecular weight is 679 g/mol. The molecule has 0 spiro atoms. The van der Waals surface area contributed by atoms with Crippen LogP contribution in [0.4, 0.5) is 0 Å². The number of methoxy groups -OCH3 is 1. The van der Waals surface area contributed by atoms with Gasteiger partial charge in [-0.2, -0.15) is 5.26 Å². The lowest BCUT2D eigenvalue weighted by molar-refractivity contribution is -0.141. The van der Waals surface area contributed by atoms with Gasteiger partial charge in [0.15, 0.2) is 0 Å². The Balaban J connectivity index is 1.40. The highest BCUT2D eigenvalue weighted by atomic mass is 35.5. The van der Waals surface area contributed by atoms with E-state index >= 15 is 0 Å². The molecule has 1 unspecified atom stereocenters. The van der Waals surface area contributed by atoms with E-state index in [1.54, 1.807) is 18.2 Å². The van der Waals surface area contributed by atoms with Crippen LogP contribution in [-0.2, 0) is 14.3 Å². The minimum absolute atomic E-state index is 0.198. The summed E-state index contributed by atoms with van der Waals surface area (Å²) in [5, 5.41) is 12.0. The van der Waals surface area contributed by atoms with E-state index in [0.717, 1.165) is 50.0 Å². The van der Waals surface area contributed by atoms with Crippen LogP contribution < -0.4 is 5.73 Å². The van der Waals surface area contributed by atoms with E-state index < -0.39 is 11.5 Å². The van der Waals surface area contributed by atoms with Crippen LogP contribution in [-0.4, -0.2) is 90.9 Å². The Bertz CT molecular complexity index is 1660. The Morgan fingerprint density at radius 2 is 1.72 bits per heavy atom. The summed E-state index contributed by atoms with van der Waals surface area (Å²) in [4.78, 5) is 45.8. The van der Waals surface area contributed by atoms with Gasteiger partial charge in [0.1, 0.15) is 12.1 Å². The Labute approximate surface area is 286 Å². The number of nitrogens with two attached hydrogens (primary N) is 1. The third kappa shape index (κ3) is 7.90. The highest BCUT2D eigenvalue weighted by molar-refractivity contribution is 6.42. The van der Waals surface area contributed by atoms with Crippen LogP contribution in [0.25, 0.3) is 10.8 Å². The number of piperidine rings is 2. The molecule has 11 heteroatoms.